The van der Waals surface area contributed by atoms with Crippen molar-refractivity contribution in [3.05, 3.63) is 0 Å². The Hall–Kier alpha value is -1.59. The van der Waals surface area contributed by atoms with E-state index >= 15 is 0 Å². The lowest BCUT2D eigenvalue weighted by molar-refractivity contribution is -0.166. The third-order valence-corrected chi connectivity index (χ3v) is 1.48. The molecule has 124 valence electrons. The van der Waals surface area contributed by atoms with E-state index < -0.39 is 23.1 Å². The summed E-state index contributed by atoms with van der Waals surface area (Å²) in [6.07, 6.45) is -0.339. The van der Waals surface area contributed by atoms with Crippen molar-refractivity contribution in [1.29, 1.82) is 0 Å². The van der Waals surface area contributed by atoms with Gasteiger partial charge in [0.1, 0.15) is 17.6 Å². The lowest BCUT2D eigenvalue weighted by atomic mass is 10.2. The number of hydrogen-bond donors (Lipinski definition) is 0. The molecule has 21 heavy (non-hydrogen) atoms. The van der Waals surface area contributed by atoms with Crippen molar-refractivity contribution in [2.75, 3.05) is 6.61 Å². The number of rotatable bonds is 3. The first kappa shape index (κ1) is 21.7. The Bertz CT molecular complexity index is 320. The molecule has 6 heteroatoms. The van der Waals surface area contributed by atoms with E-state index in [0.717, 1.165) is 0 Å². The van der Waals surface area contributed by atoms with Gasteiger partial charge in [-0.15, -0.1) is 0 Å². The molecule has 0 rings (SSSR count). The van der Waals surface area contributed by atoms with Gasteiger partial charge in [-0.1, -0.05) is 0 Å². The minimum atomic E-state index is -0.570. The van der Waals surface area contributed by atoms with Gasteiger partial charge in [0, 0.05) is 6.92 Å². The number of carbonyl (C=O) groups excluding carboxylic acids is 3. The minimum absolute atomic E-state index is 0.211. The molecular formula is C15H28O6. The van der Waals surface area contributed by atoms with Crippen LogP contribution in [-0.2, 0) is 28.6 Å². The molecule has 0 aliphatic heterocycles. The summed E-state index contributed by atoms with van der Waals surface area (Å²) in [5, 5.41) is 0. The third kappa shape index (κ3) is 20.9. The Morgan fingerprint density at radius 3 is 1.29 bits per heavy atom. The topological polar surface area (TPSA) is 78.9 Å². The van der Waals surface area contributed by atoms with Crippen LogP contribution in [0, 0.1) is 0 Å². The van der Waals surface area contributed by atoms with E-state index in [0.29, 0.717) is 6.61 Å². The fraction of sp³-hybridized carbons (Fsp3) is 0.800. The first-order chi connectivity index (χ1) is 9.26. The fourth-order valence-corrected chi connectivity index (χ4v) is 1.08. The standard InChI is InChI=1S/C11H20O4.C4H8O2/c1-10(2,3)14-8(12)7-9(13)15-11(4,5)6;1-3-6-4(2)5/h7H2,1-6H3;3H2,1-2H3. The molecule has 0 amide bonds. The van der Waals surface area contributed by atoms with Gasteiger partial charge < -0.3 is 14.2 Å². The Balaban J connectivity index is 0. The maximum absolute atomic E-state index is 11.2. The molecule has 0 aromatic carbocycles. The van der Waals surface area contributed by atoms with Crippen molar-refractivity contribution in [1.82, 2.24) is 0 Å². The Morgan fingerprint density at radius 1 is 0.810 bits per heavy atom. The predicted molar refractivity (Wildman–Crippen MR) is 78.6 cm³/mol. The van der Waals surface area contributed by atoms with E-state index in [1.807, 2.05) is 0 Å². The van der Waals surface area contributed by atoms with Crippen molar-refractivity contribution < 1.29 is 28.6 Å². The quantitative estimate of drug-likeness (QED) is 0.453. The molecule has 0 bridgehead atoms. The molecule has 0 fully saturated rings. The van der Waals surface area contributed by atoms with Crippen molar-refractivity contribution in [3.63, 3.8) is 0 Å². The van der Waals surface area contributed by atoms with Crippen LogP contribution in [0.1, 0.15) is 61.8 Å². The van der Waals surface area contributed by atoms with E-state index in [1.54, 1.807) is 48.5 Å². The maximum Gasteiger partial charge on any atom is 0.317 e. The summed E-state index contributed by atoms with van der Waals surface area (Å²) in [5.74, 6) is -1.33. The molecule has 0 radical (unpaired) electrons. The zero-order chi connectivity index (χ0) is 17.3. The average molecular weight is 304 g/mol. The summed E-state index contributed by atoms with van der Waals surface area (Å²) in [7, 11) is 0. The van der Waals surface area contributed by atoms with Crippen LogP contribution in [0.2, 0.25) is 0 Å². The van der Waals surface area contributed by atoms with Crippen molar-refractivity contribution in [2.24, 2.45) is 0 Å². The Kier molecular flexibility index (Phi) is 9.68. The number of hydrogen-bond acceptors (Lipinski definition) is 6. The van der Waals surface area contributed by atoms with Gasteiger partial charge in [-0.25, -0.2) is 0 Å². The Morgan fingerprint density at radius 2 is 1.14 bits per heavy atom. The van der Waals surface area contributed by atoms with Crippen LogP contribution in [0.4, 0.5) is 0 Å². The molecule has 0 aliphatic carbocycles. The van der Waals surface area contributed by atoms with E-state index in [4.69, 9.17) is 9.47 Å². The molecule has 0 saturated heterocycles. The highest BCUT2D eigenvalue weighted by atomic mass is 16.6. The van der Waals surface area contributed by atoms with Crippen molar-refractivity contribution >= 4 is 17.9 Å². The lowest BCUT2D eigenvalue weighted by Gasteiger charge is -2.21. The fourth-order valence-electron chi connectivity index (χ4n) is 1.08. The van der Waals surface area contributed by atoms with Gasteiger partial charge in [-0.3, -0.25) is 14.4 Å². The molecule has 0 aliphatic rings. The second kappa shape index (κ2) is 9.37. The summed E-state index contributed by atoms with van der Waals surface area (Å²) < 4.78 is 14.4. The van der Waals surface area contributed by atoms with Crippen LogP contribution in [0.5, 0.6) is 0 Å². The summed E-state index contributed by atoms with van der Waals surface area (Å²) in [5.41, 5.74) is -1.14. The van der Waals surface area contributed by atoms with E-state index in [2.05, 4.69) is 4.74 Å². The SMILES string of the molecule is CC(C)(C)OC(=O)CC(=O)OC(C)(C)C.CCOC(C)=O. The highest BCUT2D eigenvalue weighted by Crippen LogP contribution is 2.11. The second-order valence-corrected chi connectivity index (χ2v) is 6.27. The highest BCUT2D eigenvalue weighted by molar-refractivity contribution is 5.91. The van der Waals surface area contributed by atoms with Gasteiger partial charge in [0.25, 0.3) is 0 Å². The minimum Gasteiger partial charge on any atom is -0.466 e. The molecule has 0 spiro atoms. The van der Waals surface area contributed by atoms with Crippen LogP contribution >= 0.6 is 0 Å². The zero-order valence-electron chi connectivity index (χ0n) is 14.4. The molecule has 0 unspecified atom stereocenters. The normalized spacial score (nSPS) is 10.9. The van der Waals surface area contributed by atoms with Gasteiger partial charge in [0.2, 0.25) is 0 Å². The summed E-state index contributed by atoms with van der Waals surface area (Å²) in [6.45, 7) is 14.2. The van der Waals surface area contributed by atoms with Crippen LogP contribution in [0.15, 0.2) is 0 Å². The maximum atomic E-state index is 11.2. The molecule has 0 aromatic rings. The third-order valence-electron chi connectivity index (χ3n) is 1.48. The summed E-state index contributed by atoms with van der Waals surface area (Å²) in [4.78, 5) is 32.3. The summed E-state index contributed by atoms with van der Waals surface area (Å²) >= 11 is 0. The molecule has 6 nitrogen and oxygen atoms in total. The van der Waals surface area contributed by atoms with E-state index in [-0.39, 0.29) is 12.4 Å². The molecule has 0 saturated carbocycles. The molecule has 0 atom stereocenters. The van der Waals surface area contributed by atoms with Crippen LogP contribution in [-0.4, -0.2) is 35.7 Å². The molecular weight excluding hydrogens is 276 g/mol. The van der Waals surface area contributed by atoms with Crippen LogP contribution in [0.25, 0.3) is 0 Å². The largest absolute Gasteiger partial charge is 0.466 e. The number of esters is 3. The first-order valence-corrected chi connectivity index (χ1v) is 6.84. The van der Waals surface area contributed by atoms with Crippen molar-refractivity contribution in [3.8, 4) is 0 Å². The van der Waals surface area contributed by atoms with Crippen LogP contribution < -0.4 is 0 Å². The molecule has 0 N–H and O–H groups in total. The van der Waals surface area contributed by atoms with Gasteiger partial charge in [0.05, 0.1) is 6.61 Å². The lowest BCUT2D eigenvalue weighted by Crippen LogP contribution is -2.29. The average Bonchev–Trinajstić information content (AvgIpc) is 2.10. The van der Waals surface area contributed by atoms with Crippen LogP contribution in [0.3, 0.4) is 0 Å². The highest BCUT2D eigenvalue weighted by Gasteiger charge is 2.22. The van der Waals surface area contributed by atoms with Gasteiger partial charge in [-0.05, 0) is 48.5 Å². The van der Waals surface area contributed by atoms with Gasteiger partial charge in [0.15, 0.2) is 0 Å². The summed E-state index contributed by atoms with van der Waals surface area (Å²) in [6, 6.07) is 0. The monoisotopic (exact) mass is 304 g/mol. The smallest absolute Gasteiger partial charge is 0.317 e. The Labute approximate surface area is 127 Å². The van der Waals surface area contributed by atoms with E-state index in [9.17, 15) is 14.4 Å². The van der Waals surface area contributed by atoms with Crippen molar-refractivity contribution in [2.45, 2.75) is 73.0 Å². The van der Waals surface area contributed by atoms with E-state index in [1.165, 1.54) is 6.92 Å². The predicted octanol–water partition coefficient (Wildman–Crippen LogP) is 2.63. The molecule has 0 heterocycles. The number of ether oxygens (including phenoxy) is 3. The first-order valence-electron chi connectivity index (χ1n) is 6.84. The van der Waals surface area contributed by atoms with Gasteiger partial charge >= 0.3 is 17.9 Å². The zero-order valence-corrected chi connectivity index (χ0v) is 14.4. The molecule has 0 aromatic heterocycles. The van der Waals surface area contributed by atoms with Gasteiger partial charge in [-0.2, -0.15) is 0 Å². The number of carbonyl (C=O) groups is 3. The second-order valence-electron chi connectivity index (χ2n) is 6.27.